The smallest absolute Gasteiger partial charge is 0.240 e. The van der Waals surface area contributed by atoms with Gasteiger partial charge in [0.05, 0.1) is 4.90 Å². The van der Waals surface area contributed by atoms with Gasteiger partial charge in [-0.1, -0.05) is 36.8 Å². The Bertz CT molecular complexity index is 959. The largest absolute Gasteiger partial charge is 0.342 e. The molecule has 2 unspecified atom stereocenters. The fourth-order valence-corrected chi connectivity index (χ4v) is 4.90. The Morgan fingerprint density at radius 1 is 1.17 bits per heavy atom. The lowest BCUT2D eigenvalue weighted by atomic mass is 9.94. The summed E-state index contributed by atoms with van der Waals surface area (Å²) in [7, 11) is -3.56. The van der Waals surface area contributed by atoms with Crippen molar-refractivity contribution in [3.63, 3.8) is 0 Å². The molecule has 3 rings (SSSR count). The van der Waals surface area contributed by atoms with E-state index in [0.29, 0.717) is 26.1 Å². The van der Waals surface area contributed by atoms with Crippen molar-refractivity contribution in [2.75, 3.05) is 19.6 Å². The average Bonchev–Trinajstić information content (AvgIpc) is 2.73. The third-order valence-electron chi connectivity index (χ3n) is 5.68. The summed E-state index contributed by atoms with van der Waals surface area (Å²) in [6.07, 6.45) is 2.09. The topological polar surface area (TPSA) is 66.5 Å². The van der Waals surface area contributed by atoms with Crippen LogP contribution in [-0.4, -0.2) is 38.9 Å². The summed E-state index contributed by atoms with van der Waals surface area (Å²) in [5.41, 5.74) is 1.94. The van der Waals surface area contributed by atoms with Gasteiger partial charge in [-0.15, -0.1) is 0 Å². The van der Waals surface area contributed by atoms with E-state index >= 15 is 0 Å². The highest BCUT2D eigenvalue weighted by molar-refractivity contribution is 7.89. The molecule has 2 aromatic carbocycles. The summed E-state index contributed by atoms with van der Waals surface area (Å²) in [5, 5.41) is 0. The highest BCUT2D eigenvalue weighted by Gasteiger charge is 2.26. The van der Waals surface area contributed by atoms with Gasteiger partial charge in [-0.2, -0.15) is 0 Å². The standard InChI is InChI=1S/C23H29FN2O3S/c1-17-5-11-22(12-6-17)30(28,29)25-15-19-4-3-13-26(16-19)23(27)14-18(2)20-7-9-21(24)10-8-20/h5-12,18-19,25H,3-4,13-16H2,1-2H3. The maximum Gasteiger partial charge on any atom is 0.240 e. The molecule has 0 aliphatic carbocycles. The highest BCUT2D eigenvalue weighted by Crippen LogP contribution is 2.23. The van der Waals surface area contributed by atoms with Crippen molar-refractivity contribution in [2.24, 2.45) is 5.92 Å². The Morgan fingerprint density at radius 2 is 1.83 bits per heavy atom. The van der Waals surface area contributed by atoms with Crippen molar-refractivity contribution in [1.82, 2.24) is 9.62 Å². The minimum absolute atomic E-state index is 0.00137. The lowest BCUT2D eigenvalue weighted by Gasteiger charge is -2.33. The van der Waals surface area contributed by atoms with Crippen molar-refractivity contribution >= 4 is 15.9 Å². The van der Waals surface area contributed by atoms with E-state index < -0.39 is 10.0 Å². The van der Waals surface area contributed by atoms with E-state index in [2.05, 4.69) is 4.72 Å². The summed E-state index contributed by atoms with van der Waals surface area (Å²) in [4.78, 5) is 14.8. The molecule has 1 aliphatic heterocycles. The minimum Gasteiger partial charge on any atom is -0.342 e. The molecule has 1 amide bonds. The monoisotopic (exact) mass is 432 g/mol. The average molecular weight is 433 g/mol. The van der Waals surface area contributed by atoms with Crippen LogP contribution >= 0.6 is 0 Å². The third-order valence-corrected chi connectivity index (χ3v) is 7.12. The zero-order valence-electron chi connectivity index (χ0n) is 17.5. The number of sulfonamides is 1. The van der Waals surface area contributed by atoms with Gasteiger partial charge in [0.1, 0.15) is 5.82 Å². The molecule has 1 saturated heterocycles. The van der Waals surface area contributed by atoms with Crippen molar-refractivity contribution < 1.29 is 17.6 Å². The quantitative estimate of drug-likeness (QED) is 0.723. The lowest BCUT2D eigenvalue weighted by Crippen LogP contribution is -2.44. The number of carbonyl (C=O) groups excluding carboxylic acids is 1. The van der Waals surface area contributed by atoms with E-state index in [1.807, 2.05) is 18.7 Å². The fraction of sp³-hybridized carbons (Fsp3) is 0.435. The van der Waals surface area contributed by atoms with Gasteiger partial charge in [-0.25, -0.2) is 17.5 Å². The van der Waals surface area contributed by atoms with Gasteiger partial charge in [0.2, 0.25) is 15.9 Å². The van der Waals surface area contributed by atoms with Crippen LogP contribution < -0.4 is 4.72 Å². The minimum atomic E-state index is -3.56. The van der Waals surface area contributed by atoms with E-state index in [9.17, 15) is 17.6 Å². The molecule has 1 N–H and O–H groups in total. The van der Waals surface area contributed by atoms with Crippen LogP contribution in [0.1, 0.15) is 43.2 Å². The Kier molecular flexibility index (Phi) is 7.26. The van der Waals surface area contributed by atoms with Crippen LogP contribution in [0.15, 0.2) is 53.4 Å². The number of amides is 1. The molecule has 5 nitrogen and oxygen atoms in total. The lowest BCUT2D eigenvalue weighted by molar-refractivity contribution is -0.133. The SMILES string of the molecule is Cc1ccc(S(=O)(=O)NCC2CCCN(C(=O)CC(C)c3ccc(F)cc3)C2)cc1. The van der Waals surface area contributed by atoms with Crippen molar-refractivity contribution in [2.45, 2.75) is 43.9 Å². The van der Waals surface area contributed by atoms with Crippen LogP contribution in [-0.2, 0) is 14.8 Å². The Morgan fingerprint density at radius 3 is 2.50 bits per heavy atom. The van der Waals surface area contributed by atoms with Gasteiger partial charge in [0.15, 0.2) is 0 Å². The van der Waals surface area contributed by atoms with Crippen LogP contribution in [0.25, 0.3) is 0 Å². The third kappa shape index (κ3) is 5.89. The number of carbonyl (C=O) groups is 1. The molecule has 2 aromatic rings. The van der Waals surface area contributed by atoms with Crippen molar-refractivity contribution in [3.8, 4) is 0 Å². The van der Waals surface area contributed by atoms with E-state index in [4.69, 9.17) is 0 Å². The number of rotatable bonds is 7. The molecule has 0 radical (unpaired) electrons. The highest BCUT2D eigenvalue weighted by atomic mass is 32.2. The first-order valence-corrected chi connectivity index (χ1v) is 11.8. The summed E-state index contributed by atoms with van der Waals surface area (Å²) >= 11 is 0. The summed E-state index contributed by atoms with van der Waals surface area (Å²) in [6, 6.07) is 13.0. The van der Waals surface area contributed by atoms with Crippen molar-refractivity contribution in [3.05, 3.63) is 65.5 Å². The number of halogens is 1. The Labute approximate surface area is 178 Å². The number of hydrogen-bond donors (Lipinski definition) is 1. The number of nitrogens with zero attached hydrogens (tertiary/aromatic N) is 1. The van der Waals surface area contributed by atoms with Crippen LogP contribution in [0, 0.1) is 18.7 Å². The number of benzene rings is 2. The zero-order valence-corrected chi connectivity index (χ0v) is 18.3. The summed E-state index contributed by atoms with van der Waals surface area (Å²) in [5.74, 6) is -0.148. The first-order valence-electron chi connectivity index (χ1n) is 10.3. The molecule has 1 heterocycles. The maximum absolute atomic E-state index is 13.1. The number of piperidine rings is 1. The molecule has 162 valence electrons. The molecule has 0 spiro atoms. The fourth-order valence-electron chi connectivity index (χ4n) is 3.79. The second kappa shape index (κ2) is 9.71. The van der Waals surface area contributed by atoms with Crippen LogP contribution in [0.3, 0.4) is 0 Å². The number of nitrogens with one attached hydrogen (secondary N) is 1. The number of aryl methyl sites for hydroxylation is 1. The Balaban J connectivity index is 1.53. The predicted molar refractivity (Wildman–Crippen MR) is 115 cm³/mol. The molecule has 1 fully saturated rings. The summed E-state index contributed by atoms with van der Waals surface area (Å²) in [6.45, 7) is 5.42. The molecular weight excluding hydrogens is 403 g/mol. The van der Waals surface area contributed by atoms with Gasteiger partial charge < -0.3 is 4.90 Å². The van der Waals surface area contributed by atoms with Gasteiger partial charge in [-0.05, 0) is 61.4 Å². The summed E-state index contributed by atoms with van der Waals surface area (Å²) < 4.78 is 40.8. The number of hydrogen-bond acceptors (Lipinski definition) is 3. The van der Waals surface area contributed by atoms with Crippen LogP contribution in [0.5, 0.6) is 0 Å². The van der Waals surface area contributed by atoms with E-state index in [1.165, 1.54) is 12.1 Å². The molecule has 2 atom stereocenters. The second-order valence-corrected chi connectivity index (χ2v) is 9.94. The first kappa shape index (κ1) is 22.4. The van der Waals surface area contributed by atoms with E-state index in [0.717, 1.165) is 24.0 Å². The van der Waals surface area contributed by atoms with Crippen LogP contribution in [0.4, 0.5) is 4.39 Å². The molecule has 1 aliphatic rings. The van der Waals surface area contributed by atoms with Crippen LogP contribution in [0.2, 0.25) is 0 Å². The number of likely N-dealkylation sites (tertiary alicyclic amines) is 1. The molecule has 0 bridgehead atoms. The normalized spacial score (nSPS) is 18.2. The van der Waals surface area contributed by atoms with Gasteiger partial charge in [-0.3, -0.25) is 4.79 Å². The van der Waals surface area contributed by atoms with Crippen molar-refractivity contribution in [1.29, 1.82) is 0 Å². The molecule has 0 saturated carbocycles. The zero-order chi connectivity index (χ0) is 21.7. The van der Waals surface area contributed by atoms with E-state index in [1.54, 1.807) is 36.4 Å². The molecule has 0 aromatic heterocycles. The van der Waals surface area contributed by atoms with E-state index in [-0.39, 0.29) is 28.5 Å². The maximum atomic E-state index is 13.1. The predicted octanol–water partition coefficient (Wildman–Crippen LogP) is 3.84. The molecular formula is C23H29FN2O3S. The molecule has 7 heteroatoms. The second-order valence-electron chi connectivity index (χ2n) is 8.17. The Hall–Kier alpha value is -2.25. The van der Waals surface area contributed by atoms with Gasteiger partial charge in [0, 0.05) is 26.1 Å². The van der Waals surface area contributed by atoms with Gasteiger partial charge >= 0.3 is 0 Å². The van der Waals surface area contributed by atoms with Gasteiger partial charge in [0.25, 0.3) is 0 Å². The molecule has 30 heavy (non-hydrogen) atoms. The first-order chi connectivity index (χ1) is 14.2.